The maximum atomic E-state index is 2.54. The lowest BCUT2D eigenvalue weighted by atomic mass is 9.73. The van der Waals surface area contributed by atoms with E-state index in [0.29, 0.717) is 0 Å². The van der Waals surface area contributed by atoms with Crippen LogP contribution in [0.4, 0.5) is 17.1 Å². The Labute approximate surface area is 154 Å². The van der Waals surface area contributed by atoms with Crippen LogP contribution >= 0.6 is 0 Å². The molecule has 0 radical (unpaired) electrons. The van der Waals surface area contributed by atoms with Crippen LogP contribution < -0.4 is 9.80 Å². The summed E-state index contributed by atoms with van der Waals surface area (Å²) in [5.74, 6) is 0. The van der Waals surface area contributed by atoms with Gasteiger partial charge in [0, 0.05) is 18.0 Å². The fourth-order valence-electron chi connectivity index (χ4n) is 5.34. The Morgan fingerprint density at radius 3 is 2.27 bits per heavy atom. The van der Waals surface area contributed by atoms with E-state index >= 15 is 0 Å². The Hall–Kier alpha value is -2.74. The summed E-state index contributed by atoms with van der Waals surface area (Å²) in [6.07, 6.45) is 1.05. The molecular weight excluding hydrogens is 316 g/mol. The van der Waals surface area contributed by atoms with Gasteiger partial charge in [-0.2, -0.15) is 0 Å². The molecule has 0 fully saturated rings. The smallest absolute Gasteiger partial charge is 0.0950 e. The Morgan fingerprint density at radius 1 is 0.769 bits per heavy atom. The summed E-state index contributed by atoms with van der Waals surface area (Å²) < 4.78 is 0. The minimum absolute atomic E-state index is 0.0325. The number of hydrogen-bond acceptors (Lipinski definition) is 2. The van der Waals surface area contributed by atoms with Gasteiger partial charge in [0.25, 0.3) is 0 Å². The average molecular weight is 338 g/mol. The van der Waals surface area contributed by atoms with E-state index in [1.165, 1.54) is 50.4 Å². The Kier molecular flexibility index (Phi) is 2.50. The van der Waals surface area contributed by atoms with Crippen molar-refractivity contribution in [1.29, 1.82) is 0 Å². The zero-order chi connectivity index (χ0) is 17.6. The second-order valence-corrected chi connectivity index (χ2v) is 8.39. The molecule has 3 aliphatic rings. The van der Waals surface area contributed by atoms with Crippen molar-refractivity contribution < 1.29 is 0 Å². The standard InChI is InChI=1S/C24H22N2/c1-24(2)17-9-4-7-15-13-16-8-5-11-19(22(16)21(15)17)26-14-25(3)20-12-6-10-18(24)23(20)26/h4-12H,13-14H2,1-3H3. The predicted molar refractivity (Wildman–Crippen MR) is 109 cm³/mol. The van der Waals surface area contributed by atoms with Crippen LogP contribution in [-0.4, -0.2) is 13.7 Å². The van der Waals surface area contributed by atoms with Crippen LogP contribution in [0.25, 0.3) is 11.1 Å². The van der Waals surface area contributed by atoms with E-state index in [9.17, 15) is 0 Å². The first kappa shape index (κ1) is 14.4. The molecule has 0 N–H and O–H groups in total. The average Bonchev–Trinajstić information content (AvgIpc) is 3.18. The Balaban J connectivity index is 1.83. The van der Waals surface area contributed by atoms with E-state index in [1.54, 1.807) is 0 Å². The van der Waals surface area contributed by atoms with E-state index < -0.39 is 0 Å². The monoisotopic (exact) mass is 338 g/mol. The predicted octanol–water partition coefficient (Wildman–Crippen LogP) is 5.44. The Bertz CT molecular complexity index is 1090. The number of fused-ring (bicyclic) bond motifs is 1. The third-order valence-electron chi connectivity index (χ3n) is 6.60. The molecule has 0 spiro atoms. The first-order valence-corrected chi connectivity index (χ1v) is 9.44. The summed E-state index contributed by atoms with van der Waals surface area (Å²) in [7, 11) is 2.20. The van der Waals surface area contributed by atoms with Gasteiger partial charge in [0.05, 0.1) is 23.7 Å². The molecule has 0 atom stereocenters. The van der Waals surface area contributed by atoms with Crippen molar-refractivity contribution in [3.63, 3.8) is 0 Å². The SMILES string of the molecule is CN1CN2c3cccc4c3-c3c(cccc3C(C)(C)c3cccc1c32)C4. The van der Waals surface area contributed by atoms with Gasteiger partial charge < -0.3 is 9.80 Å². The first-order chi connectivity index (χ1) is 12.6. The minimum atomic E-state index is -0.0325. The molecule has 0 aromatic heterocycles. The molecule has 0 saturated heterocycles. The number of rotatable bonds is 0. The zero-order valence-corrected chi connectivity index (χ0v) is 15.5. The second kappa shape index (κ2) is 4.50. The van der Waals surface area contributed by atoms with Gasteiger partial charge in [-0.1, -0.05) is 56.3 Å². The molecular formula is C24H22N2. The highest BCUT2D eigenvalue weighted by atomic mass is 15.4. The first-order valence-electron chi connectivity index (χ1n) is 9.44. The Morgan fingerprint density at radius 2 is 1.42 bits per heavy atom. The van der Waals surface area contributed by atoms with Gasteiger partial charge in [-0.15, -0.1) is 0 Å². The van der Waals surface area contributed by atoms with Crippen LogP contribution in [0.2, 0.25) is 0 Å². The summed E-state index contributed by atoms with van der Waals surface area (Å²) in [4.78, 5) is 4.91. The van der Waals surface area contributed by atoms with Crippen molar-refractivity contribution in [2.75, 3.05) is 23.5 Å². The molecule has 128 valence electrons. The van der Waals surface area contributed by atoms with Gasteiger partial charge in [0.15, 0.2) is 0 Å². The molecule has 0 saturated carbocycles. The molecule has 3 aromatic rings. The molecule has 2 heteroatoms. The molecule has 2 nitrogen and oxygen atoms in total. The van der Waals surface area contributed by atoms with Crippen LogP contribution in [0.1, 0.15) is 36.1 Å². The molecule has 0 unspecified atom stereocenters. The van der Waals surface area contributed by atoms with Gasteiger partial charge in [-0.25, -0.2) is 0 Å². The van der Waals surface area contributed by atoms with Crippen molar-refractivity contribution in [1.82, 2.24) is 0 Å². The molecule has 3 aromatic carbocycles. The summed E-state index contributed by atoms with van der Waals surface area (Å²) in [6.45, 7) is 5.69. The highest BCUT2D eigenvalue weighted by Crippen LogP contribution is 2.56. The summed E-state index contributed by atoms with van der Waals surface area (Å²) in [5, 5.41) is 0. The van der Waals surface area contributed by atoms with E-state index in [1.807, 2.05) is 0 Å². The fraction of sp³-hybridized carbons (Fsp3) is 0.250. The second-order valence-electron chi connectivity index (χ2n) is 8.39. The summed E-state index contributed by atoms with van der Waals surface area (Å²) >= 11 is 0. The van der Waals surface area contributed by atoms with Gasteiger partial charge in [-0.05, 0) is 46.4 Å². The lowest BCUT2D eigenvalue weighted by Gasteiger charge is -2.36. The van der Waals surface area contributed by atoms with Crippen LogP contribution in [0.3, 0.4) is 0 Å². The number of para-hydroxylation sites is 1. The maximum absolute atomic E-state index is 2.54. The molecule has 26 heavy (non-hydrogen) atoms. The highest BCUT2D eigenvalue weighted by molar-refractivity contribution is 5.97. The van der Waals surface area contributed by atoms with Gasteiger partial charge in [-0.3, -0.25) is 0 Å². The third kappa shape index (κ3) is 1.54. The van der Waals surface area contributed by atoms with Gasteiger partial charge in [0.1, 0.15) is 0 Å². The largest absolute Gasteiger partial charge is 0.355 e. The lowest BCUT2D eigenvalue weighted by molar-refractivity contribution is 0.642. The molecule has 1 aliphatic carbocycles. The van der Waals surface area contributed by atoms with E-state index in [4.69, 9.17) is 0 Å². The minimum Gasteiger partial charge on any atom is -0.355 e. The van der Waals surface area contributed by atoms with Crippen LogP contribution in [0.5, 0.6) is 0 Å². The van der Waals surface area contributed by atoms with Crippen molar-refractivity contribution in [2.45, 2.75) is 25.7 Å². The van der Waals surface area contributed by atoms with Crippen LogP contribution in [-0.2, 0) is 11.8 Å². The molecule has 6 rings (SSSR count). The van der Waals surface area contributed by atoms with Gasteiger partial charge >= 0.3 is 0 Å². The van der Waals surface area contributed by atoms with Crippen LogP contribution in [0.15, 0.2) is 54.6 Å². The number of anilines is 3. The van der Waals surface area contributed by atoms with E-state index in [0.717, 1.165) is 13.1 Å². The normalized spacial score (nSPS) is 17.7. The van der Waals surface area contributed by atoms with Crippen LogP contribution in [0, 0.1) is 0 Å². The molecule has 0 bridgehead atoms. The lowest BCUT2D eigenvalue weighted by Crippen LogP contribution is -2.28. The topological polar surface area (TPSA) is 6.48 Å². The number of benzene rings is 3. The molecule has 2 heterocycles. The fourth-order valence-corrected chi connectivity index (χ4v) is 5.34. The number of nitrogens with zero attached hydrogens (tertiary/aromatic N) is 2. The number of hydrogen-bond donors (Lipinski definition) is 0. The van der Waals surface area contributed by atoms with Crippen molar-refractivity contribution in [3.8, 4) is 11.1 Å². The maximum Gasteiger partial charge on any atom is 0.0950 e. The van der Waals surface area contributed by atoms with E-state index in [2.05, 4.69) is 85.3 Å². The molecule has 0 amide bonds. The summed E-state index contributed by atoms with van der Waals surface area (Å²) in [5.41, 5.74) is 12.8. The summed E-state index contributed by atoms with van der Waals surface area (Å²) in [6, 6.07) is 20.6. The van der Waals surface area contributed by atoms with Crippen molar-refractivity contribution in [3.05, 3.63) is 76.9 Å². The van der Waals surface area contributed by atoms with Gasteiger partial charge in [0.2, 0.25) is 0 Å². The third-order valence-corrected chi connectivity index (χ3v) is 6.60. The van der Waals surface area contributed by atoms with Crippen molar-refractivity contribution >= 4 is 17.1 Å². The zero-order valence-electron chi connectivity index (χ0n) is 15.5. The van der Waals surface area contributed by atoms with E-state index in [-0.39, 0.29) is 5.41 Å². The highest BCUT2D eigenvalue weighted by Gasteiger charge is 2.40. The molecule has 2 aliphatic heterocycles. The quantitative estimate of drug-likeness (QED) is 0.421. The van der Waals surface area contributed by atoms with Crippen molar-refractivity contribution in [2.24, 2.45) is 0 Å².